The summed E-state index contributed by atoms with van der Waals surface area (Å²) in [6, 6.07) is 7.98. The zero-order chi connectivity index (χ0) is 17.1. The lowest BCUT2D eigenvalue weighted by molar-refractivity contribution is -0.113. The Balaban J connectivity index is 1.66. The number of carbonyl (C=O) groups is 1. The Morgan fingerprint density at radius 3 is 2.50 bits per heavy atom. The molecule has 0 bridgehead atoms. The van der Waals surface area contributed by atoms with Gasteiger partial charge in [-0.15, -0.1) is 10.2 Å². The van der Waals surface area contributed by atoms with E-state index in [-0.39, 0.29) is 11.7 Å². The first-order valence-corrected chi connectivity index (χ1v) is 8.57. The highest BCUT2D eigenvalue weighted by Crippen LogP contribution is 2.23. The fraction of sp³-hybridized carbons (Fsp3) is 0.235. The predicted octanol–water partition coefficient (Wildman–Crippen LogP) is 3.05. The van der Waals surface area contributed by atoms with Crippen molar-refractivity contribution in [2.24, 2.45) is 0 Å². The average Bonchev–Trinajstić information content (AvgIpc) is 3.19. The first-order valence-electron chi connectivity index (χ1n) is 7.59. The number of nitrogens with zero attached hydrogens (tertiary/aromatic N) is 4. The van der Waals surface area contributed by atoms with Gasteiger partial charge in [-0.1, -0.05) is 29.5 Å². The van der Waals surface area contributed by atoms with Crippen molar-refractivity contribution in [2.75, 3.05) is 11.1 Å². The molecule has 1 amide bonds. The molecule has 1 aromatic carbocycles. The highest BCUT2D eigenvalue weighted by Gasteiger charge is 2.12. The van der Waals surface area contributed by atoms with E-state index in [1.807, 2.05) is 43.0 Å². The number of aromatic nitrogens is 4. The summed E-state index contributed by atoms with van der Waals surface area (Å²) in [5, 5.41) is 11.7. The van der Waals surface area contributed by atoms with Gasteiger partial charge in [-0.3, -0.25) is 9.47 Å². The van der Waals surface area contributed by atoms with Crippen LogP contribution in [0, 0.1) is 20.8 Å². The monoisotopic (exact) mass is 341 g/mol. The third-order valence-corrected chi connectivity index (χ3v) is 4.55. The van der Waals surface area contributed by atoms with Crippen molar-refractivity contribution < 1.29 is 4.79 Å². The second-order valence-electron chi connectivity index (χ2n) is 5.63. The van der Waals surface area contributed by atoms with Crippen molar-refractivity contribution in [3.63, 3.8) is 0 Å². The molecule has 0 saturated heterocycles. The van der Waals surface area contributed by atoms with E-state index in [2.05, 4.69) is 34.6 Å². The minimum Gasteiger partial charge on any atom is -0.325 e. The van der Waals surface area contributed by atoms with Gasteiger partial charge in [0.1, 0.15) is 6.33 Å². The molecule has 0 aliphatic carbocycles. The van der Waals surface area contributed by atoms with Gasteiger partial charge in [0.05, 0.1) is 5.75 Å². The van der Waals surface area contributed by atoms with Gasteiger partial charge in [-0.05, 0) is 44.0 Å². The van der Waals surface area contributed by atoms with Crippen LogP contribution < -0.4 is 5.32 Å². The first kappa shape index (κ1) is 16.3. The smallest absolute Gasteiger partial charge is 0.234 e. The van der Waals surface area contributed by atoms with Crippen molar-refractivity contribution >= 4 is 23.4 Å². The van der Waals surface area contributed by atoms with Crippen LogP contribution in [0.3, 0.4) is 0 Å². The minimum atomic E-state index is -0.0582. The van der Waals surface area contributed by atoms with Crippen LogP contribution in [0.15, 0.2) is 48.1 Å². The number of hydrogen-bond acceptors (Lipinski definition) is 4. The van der Waals surface area contributed by atoms with Crippen LogP contribution in [0.25, 0.3) is 0 Å². The normalized spacial score (nSPS) is 10.8. The molecule has 0 aliphatic rings. The topological polar surface area (TPSA) is 64.7 Å². The molecule has 0 atom stereocenters. The van der Waals surface area contributed by atoms with E-state index >= 15 is 0 Å². The van der Waals surface area contributed by atoms with Crippen LogP contribution in [-0.2, 0) is 4.79 Å². The van der Waals surface area contributed by atoms with Crippen molar-refractivity contribution in [3.8, 4) is 0 Å². The molecule has 7 heteroatoms. The Bertz CT molecular complexity index is 831. The number of rotatable bonds is 5. The minimum absolute atomic E-state index is 0.0582. The van der Waals surface area contributed by atoms with Gasteiger partial charge in [0, 0.05) is 18.1 Å². The number of thioether (sulfide) groups is 1. The predicted molar refractivity (Wildman–Crippen MR) is 95.3 cm³/mol. The maximum absolute atomic E-state index is 12.3. The highest BCUT2D eigenvalue weighted by molar-refractivity contribution is 7.99. The van der Waals surface area contributed by atoms with Crippen LogP contribution in [0.5, 0.6) is 0 Å². The molecular weight excluding hydrogens is 322 g/mol. The number of nitrogens with one attached hydrogen (secondary N) is 1. The second kappa shape index (κ2) is 6.92. The lowest BCUT2D eigenvalue weighted by Crippen LogP contribution is -2.17. The Morgan fingerprint density at radius 2 is 1.83 bits per heavy atom. The summed E-state index contributed by atoms with van der Waals surface area (Å²) in [6.45, 7) is 6.06. The number of aryl methyl sites for hydroxylation is 3. The summed E-state index contributed by atoms with van der Waals surface area (Å²) in [5.74, 6) is 0.212. The van der Waals surface area contributed by atoms with Gasteiger partial charge < -0.3 is 5.32 Å². The van der Waals surface area contributed by atoms with E-state index in [4.69, 9.17) is 0 Å². The SMILES string of the molecule is Cc1cc(C)c(NC(=O)CSc2nncn2-n2cccc2)c(C)c1. The molecule has 124 valence electrons. The summed E-state index contributed by atoms with van der Waals surface area (Å²) < 4.78 is 3.65. The maximum atomic E-state index is 12.3. The zero-order valence-electron chi connectivity index (χ0n) is 13.9. The van der Waals surface area contributed by atoms with Crippen LogP contribution in [0.4, 0.5) is 5.69 Å². The maximum Gasteiger partial charge on any atom is 0.234 e. The Morgan fingerprint density at radius 1 is 1.17 bits per heavy atom. The second-order valence-corrected chi connectivity index (χ2v) is 6.57. The number of benzene rings is 1. The Labute approximate surface area is 144 Å². The van der Waals surface area contributed by atoms with E-state index in [0.29, 0.717) is 5.16 Å². The summed E-state index contributed by atoms with van der Waals surface area (Å²) in [6.07, 6.45) is 5.41. The van der Waals surface area contributed by atoms with Crippen molar-refractivity contribution in [3.05, 3.63) is 59.7 Å². The van der Waals surface area contributed by atoms with Gasteiger partial charge in [0.15, 0.2) is 0 Å². The van der Waals surface area contributed by atoms with Crippen LogP contribution in [0.1, 0.15) is 16.7 Å². The molecule has 0 unspecified atom stereocenters. The van der Waals surface area contributed by atoms with Crippen molar-refractivity contribution in [1.29, 1.82) is 0 Å². The molecule has 6 nitrogen and oxygen atoms in total. The standard InChI is InChI=1S/C17H19N5OS/c1-12-8-13(2)16(14(3)9-12)19-15(23)10-24-17-20-18-11-22(17)21-6-4-5-7-21/h4-9,11H,10H2,1-3H3,(H,19,23). The molecule has 0 aliphatic heterocycles. The summed E-state index contributed by atoms with van der Waals surface area (Å²) in [7, 11) is 0. The summed E-state index contributed by atoms with van der Waals surface area (Å²) in [5.41, 5.74) is 4.22. The van der Waals surface area contributed by atoms with Crippen molar-refractivity contribution in [2.45, 2.75) is 25.9 Å². The highest BCUT2D eigenvalue weighted by atomic mass is 32.2. The summed E-state index contributed by atoms with van der Waals surface area (Å²) >= 11 is 1.35. The van der Waals surface area contributed by atoms with Crippen LogP contribution in [-0.4, -0.2) is 31.2 Å². The molecule has 3 rings (SSSR count). The van der Waals surface area contributed by atoms with Gasteiger partial charge in [0.25, 0.3) is 0 Å². The molecule has 0 spiro atoms. The van der Waals surface area contributed by atoms with E-state index < -0.39 is 0 Å². The first-order chi connectivity index (χ1) is 11.5. The molecule has 1 N–H and O–H groups in total. The largest absolute Gasteiger partial charge is 0.325 e. The Hall–Kier alpha value is -2.54. The number of amides is 1. The number of hydrogen-bond donors (Lipinski definition) is 1. The number of anilines is 1. The van der Waals surface area contributed by atoms with Crippen LogP contribution >= 0.6 is 11.8 Å². The third kappa shape index (κ3) is 3.51. The fourth-order valence-corrected chi connectivity index (χ4v) is 3.34. The number of carbonyl (C=O) groups excluding carboxylic acids is 1. The van der Waals surface area contributed by atoms with E-state index in [1.54, 1.807) is 11.0 Å². The molecule has 24 heavy (non-hydrogen) atoms. The van der Waals surface area contributed by atoms with E-state index in [9.17, 15) is 4.79 Å². The lowest BCUT2D eigenvalue weighted by atomic mass is 10.1. The van der Waals surface area contributed by atoms with Gasteiger partial charge >= 0.3 is 0 Å². The Kier molecular flexibility index (Phi) is 4.71. The van der Waals surface area contributed by atoms with E-state index in [0.717, 1.165) is 16.8 Å². The van der Waals surface area contributed by atoms with Crippen molar-refractivity contribution in [1.82, 2.24) is 19.5 Å². The molecule has 2 heterocycles. The molecule has 3 aromatic rings. The van der Waals surface area contributed by atoms with Gasteiger partial charge in [-0.2, -0.15) is 0 Å². The summed E-state index contributed by atoms with van der Waals surface area (Å²) in [4.78, 5) is 12.3. The van der Waals surface area contributed by atoms with E-state index in [1.165, 1.54) is 17.3 Å². The molecular formula is C17H19N5OS. The quantitative estimate of drug-likeness (QED) is 0.725. The molecule has 0 saturated carbocycles. The molecule has 2 aromatic heterocycles. The molecule has 0 fully saturated rings. The third-order valence-electron chi connectivity index (χ3n) is 3.61. The van der Waals surface area contributed by atoms with Gasteiger partial charge in [-0.25, -0.2) is 4.68 Å². The zero-order valence-corrected chi connectivity index (χ0v) is 14.7. The van der Waals surface area contributed by atoms with Crippen LogP contribution in [0.2, 0.25) is 0 Å². The fourth-order valence-electron chi connectivity index (χ4n) is 2.62. The lowest BCUT2D eigenvalue weighted by Gasteiger charge is -2.13. The van der Waals surface area contributed by atoms with Gasteiger partial charge in [0.2, 0.25) is 11.1 Å². The average molecular weight is 341 g/mol. The molecule has 0 radical (unpaired) electrons.